The van der Waals surface area contributed by atoms with Crippen molar-refractivity contribution in [2.75, 3.05) is 13.1 Å². The van der Waals surface area contributed by atoms with Crippen LogP contribution < -0.4 is 10.6 Å². The molecule has 3 N–H and O–H groups in total. The summed E-state index contributed by atoms with van der Waals surface area (Å²) in [6.45, 7) is 5.77. The minimum absolute atomic E-state index is 0.101. The van der Waals surface area contributed by atoms with Crippen LogP contribution in [0.3, 0.4) is 0 Å². The summed E-state index contributed by atoms with van der Waals surface area (Å²) in [5.74, 6) is -0.595. The highest BCUT2D eigenvalue weighted by molar-refractivity contribution is 5.96. The van der Waals surface area contributed by atoms with Crippen LogP contribution in [0, 0.1) is 6.92 Å². The molecule has 0 saturated heterocycles. The first-order valence-electron chi connectivity index (χ1n) is 7.24. The Labute approximate surface area is 125 Å². The van der Waals surface area contributed by atoms with Gasteiger partial charge in [0.05, 0.1) is 12.1 Å². The van der Waals surface area contributed by atoms with Gasteiger partial charge in [0, 0.05) is 12.1 Å². The standard InChI is InChI=1S/C16H24N2O3/c1-4-16(21,5-2)11-18-14(19)10-17-15(20)13-8-6-12(3)7-9-13/h6-9,21H,4-5,10-11H2,1-3H3,(H,17,20)(H,18,19). The topological polar surface area (TPSA) is 78.4 Å². The van der Waals surface area contributed by atoms with Gasteiger partial charge in [0.2, 0.25) is 5.91 Å². The normalized spacial score (nSPS) is 11.0. The van der Waals surface area contributed by atoms with E-state index in [-0.39, 0.29) is 24.9 Å². The predicted octanol–water partition coefficient (Wildman–Crippen LogP) is 1.39. The third kappa shape index (κ3) is 5.55. The Kier molecular flexibility index (Phi) is 6.37. The predicted molar refractivity (Wildman–Crippen MR) is 82.1 cm³/mol. The van der Waals surface area contributed by atoms with Crippen molar-refractivity contribution in [1.29, 1.82) is 0 Å². The Morgan fingerprint density at radius 2 is 1.67 bits per heavy atom. The van der Waals surface area contributed by atoms with Crippen LogP contribution in [0.4, 0.5) is 0 Å². The lowest BCUT2D eigenvalue weighted by molar-refractivity contribution is -0.121. The molecule has 0 radical (unpaired) electrons. The molecule has 0 heterocycles. The molecule has 0 spiro atoms. The van der Waals surface area contributed by atoms with E-state index in [9.17, 15) is 14.7 Å². The lowest BCUT2D eigenvalue weighted by Gasteiger charge is -2.25. The average Bonchev–Trinajstić information content (AvgIpc) is 2.51. The van der Waals surface area contributed by atoms with Crippen LogP contribution >= 0.6 is 0 Å². The van der Waals surface area contributed by atoms with E-state index in [1.54, 1.807) is 12.1 Å². The first-order chi connectivity index (χ1) is 9.90. The summed E-state index contributed by atoms with van der Waals surface area (Å²) in [4.78, 5) is 23.5. The van der Waals surface area contributed by atoms with E-state index in [0.29, 0.717) is 18.4 Å². The first-order valence-corrected chi connectivity index (χ1v) is 7.24. The number of hydrogen-bond donors (Lipinski definition) is 3. The van der Waals surface area contributed by atoms with Crippen LogP contribution in [-0.4, -0.2) is 35.6 Å². The molecule has 21 heavy (non-hydrogen) atoms. The van der Waals surface area contributed by atoms with Crippen molar-refractivity contribution in [1.82, 2.24) is 10.6 Å². The molecule has 0 aromatic heterocycles. The highest BCUT2D eigenvalue weighted by Crippen LogP contribution is 2.12. The quantitative estimate of drug-likeness (QED) is 0.710. The van der Waals surface area contributed by atoms with Crippen LogP contribution in [-0.2, 0) is 4.79 Å². The molecule has 0 saturated carbocycles. The number of hydrogen-bond acceptors (Lipinski definition) is 3. The fourth-order valence-electron chi connectivity index (χ4n) is 1.79. The zero-order chi connectivity index (χ0) is 15.9. The van der Waals surface area contributed by atoms with Gasteiger partial charge in [-0.2, -0.15) is 0 Å². The molecule has 1 aromatic carbocycles. The maximum Gasteiger partial charge on any atom is 0.251 e. The Balaban J connectivity index is 2.39. The van der Waals surface area contributed by atoms with Gasteiger partial charge in [-0.25, -0.2) is 0 Å². The van der Waals surface area contributed by atoms with Gasteiger partial charge in [0.25, 0.3) is 5.91 Å². The number of rotatable bonds is 7. The molecular weight excluding hydrogens is 268 g/mol. The molecule has 1 rings (SSSR count). The minimum Gasteiger partial charge on any atom is -0.388 e. The highest BCUT2D eigenvalue weighted by Gasteiger charge is 2.22. The second kappa shape index (κ2) is 7.78. The van der Waals surface area contributed by atoms with E-state index < -0.39 is 5.60 Å². The number of amides is 2. The summed E-state index contributed by atoms with van der Waals surface area (Å²) in [6, 6.07) is 7.13. The van der Waals surface area contributed by atoms with Crippen LogP contribution in [0.5, 0.6) is 0 Å². The molecule has 0 aliphatic heterocycles. The molecule has 5 heteroatoms. The van der Waals surface area contributed by atoms with Gasteiger partial charge in [0.1, 0.15) is 0 Å². The number of aryl methyl sites for hydroxylation is 1. The lowest BCUT2D eigenvalue weighted by atomic mass is 9.98. The van der Waals surface area contributed by atoms with Gasteiger partial charge in [-0.1, -0.05) is 31.5 Å². The molecule has 0 aliphatic rings. The van der Waals surface area contributed by atoms with Gasteiger partial charge >= 0.3 is 0 Å². The average molecular weight is 292 g/mol. The van der Waals surface area contributed by atoms with Gasteiger partial charge in [-0.15, -0.1) is 0 Å². The summed E-state index contributed by atoms with van der Waals surface area (Å²) < 4.78 is 0. The molecule has 5 nitrogen and oxygen atoms in total. The number of benzene rings is 1. The zero-order valence-electron chi connectivity index (χ0n) is 12.9. The number of nitrogens with one attached hydrogen (secondary N) is 2. The van der Waals surface area contributed by atoms with Gasteiger partial charge in [-0.05, 0) is 31.9 Å². The van der Waals surface area contributed by atoms with E-state index in [1.165, 1.54) is 0 Å². The Bertz CT molecular complexity index is 479. The third-order valence-corrected chi connectivity index (χ3v) is 3.65. The molecule has 0 unspecified atom stereocenters. The van der Waals surface area contributed by atoms with Gasteiger partial charge < -0.3 is 15.7 Å². The van der Waals surface area contributed by atoms with Crippen molar-refractivity contribution in [2.45, 2.75) is 39.2 Å². The van der Waals surface area contributed by atoms with E-state index >= 15 is 0 Å². The van der Waals surface area contributed by atoms with Crippen molar-refractivity contribution >= 4 is 11.8 Å². The van der Waals surface area contributed by atoms with E-state index in [1.807, 2.05) is 32.9 Å². The third-order valence-electron chi connectivity index (χ3n) is 3.65. The summed E-state index contributed by atoms with van der Waals surface area (Å²) in [6.07, 6.45) is 1.14. The lowest BCUT2D eigenvalue weighted by Crippen LogP contribution is -2.45. The zero-order valence-corrected chi connectivity index (χ0v) is 12.9. The largest absolute Gasteiger partial charge is 0.388 e. The fraction of sp³-hybridized carbons (Fsp3) is 0.500. The van der Waals surface area contributed by atoms with Crippen LogP contribution in [0.15, 0.2) is 24.3 Å². The van der Waals surface area contributed by atoms with Gasteiger partial charge in [-0.3, -0.25) is 9.59 Å². The second-order valence-electron chi connectivity index (χ2n) is 5.26. The molecule has 0 aliphatic carbocycles. The van der Waals surface area contributed by atoms with Crippen molar-refractivity contribution in [2.24, 2.45) is 0 Å². The molecule has 0 fully saturated rings. The Morgan fingerprint density at radius 1 is 1.10 bits per heavy atom. The van der Waals surface area contributed by atoms with E-state index in [0.717, 1.165) is 5.56 Å². The summed E-state index contributed by atoms with van der Waals surface area (Å²) in [5.41, 5.74) is 0.714. The van der Waals surface area contributed by atoms with E-state index in [2.05, 4.69) is 10.6 Å². The molecular formula is C16H24N2O3. The van der Waals surface area contributed by atoms with Crippen molar-refractivity contribution in [3.05, 3.63) is 35.4 Å². The molecule has 2 amide bonds. The van der Waals surface area contributed by atoms with Crippen molar-refractivity contribution in [3.63, 3.8) is 0 Å². The number of carbonyl (C=O) groups is 2. The van der Waals surface area contributed by atoms with Gasteiger partial charge in [0.15, 0.2) is 0 Å². The number of carbonyl (C=O) groups excluding carboxylic acids is 2. The summed E-state index contributed by atoms with van der Waals surface area (Å²) in [7, 11) is 0. The molecule has 116 valence electrons. The highest BCUT2D eigenvalue weighted by atomic mass is 16.3. The summed E-state index contributed by atoms with van der Waals surface area (Å²) >= 11 is 0. The van der Waals surface area contributed by atoms with Crippen LogP contribution in [0.1, 0.15) is 42.6 Å². The minimum atomic E-state index is -0.878. The monoisotopic (exact) mass is 292 g/mol. The summed E-state index contributed by atoms with van der Waals surface area (Å²) in [5, 5.41) is 15.3. The second-order valence-corrected chi connectivity index (χ2v) is 5.26. The van der Waals surface area contributed by atoms with Crippen molar-refractivity contribution < 1.29 is 14.7 Å². The first kappa shape index (κ1) is 17.2. The number of aliphatic hydroxyl groups is 1. The van der Waals surface area contributed by atoms with E-state index in [4.69, 9.17) is 0 Å². The van der Waals surface area contributed by atoms with Crippen molar-refractivity contribution in [3.8, 4) is 0 Å². The molecule has 0 atom stereocenters. The Hall–Kier alpha value is -1.88. The maximum absolute atomic E-state index is 11.8. The fourth-order valence-corrected chi connectivity index (χ4v) is 1.79. The smallest absolute Gasteiger partial charge is 0.251 e. The van der Waals surface area contributed by atoms with Crippen LogP contribution in [0.25, 0.3) is 0 Å². The Morgan fingerprint density at radius 3 is 2.19 bits per heavy atom. The molecule has 1 aromatic rings. The SMILES string of the molecule is CCC(O)(CC)CNC(=O)CNC(=O)c1ccc(C)cc1. The maximum atomic E-state index is 11.8. The molecule has 0 bridgehead atoms. The van der Waals surface area contributed by atoms with Crippen LogP contribution in [0.2, 0.25) is 0 Å².